The minimum absolute atomic E-state index is 0.0240. The number of sulfonamides is 1. The molecule has 1 amide bonds. The molecule has 0 saturated heterocycles. The van der Waals surface area contributed by atoms with Crippen LogP contribution in [0.1, 0.15) is 46.8 Å². The summed E-state index contributed by atoms with van der Waals surface area (Å²) in [6, 6.07) is 17.3. The Morgan fingerprint density at radius 2 is 1.55 bits per heavy atom. The highest BCUT2D eigenvalue weighted by atomic mass is 35.5. The molecule has 5 nitrogen and oxygen atoms in total. The smallest absolute Gasteiger partial charge is 0.255 e. The number of anilines is 2. The number of hydrogen-bond donors (Lipinski definition) is 1. The van der Waals surface area contributed by atoms with Crippen LogP contribution >= 0.6 is 23.2 Å². The van der Waals surface area contributed by atoms with Gasteiger partial charge in [0.25, 0.3) is 5.91 Å². The maximum Gasteiger partial charge on any atom is 0.255 e. The Hall–Kier alpha value is -2.54. The van der Waals surface area contributed by atoms with Crippen molar-refractivity contribution in [1.82, 2.24) is 0 Å². The number of benzene rings is 3. The summed E-state index contributed by atoms with van der Waals surface area (Å²) < 4.78 is 26.2. The molecule has 0 fully saturated rings. The van der Waals surface area contributed by atoms with E-state index in [0.717, 1.165) is 23.1 Å². The lowest BCUT2D eigenvalue weighted by molar-refractivity contribution is 0.102. The minimum Gasteiger partial charge on any atom is -0.321 e. The molecule has 0 atom stereocenters. The highest BCUT2D eigenvalue weighted by molar-refractivity contribution is 7.92. The lowest BCUT2D eigenvalue weighted by atomic mass is 9.98. The summed E-state index contributed by atoms with van der Waals surface area (Å²) in [5.41, 5.74) is 4.16. The fourth-order valence-electron chi connectivity index (χ4n) is 3.53. The van der Waals surface area contributed by atoms with Crippen molar-refractivity contribution in [2.45, 2.75) is 33.2 Å². The van der Waals surface area contributed by atoms with Crippen LogP contribution in [0.4, 0.5) is 11.4 Å². The fraction of sp³-hybridized carbons (Fsp3) is 0.240. The van der Waals surface area contributed by atoms with E-state index in [1.165, 1.54) is 4.31 Å². The Balaban J connectivity index is 1.88. The molecule has 0 unspecified atom stereocenters. The van der Waals surface area contributed by atoms with Gasteiger partial charge in [0.05, 0.1) is 18.5 Å². The Kier molecular flexibility index (Phi) is 7.73. The van der Waals surface area contributed by atoms with Gasteiger partial charge in [0.1, 0.15) is 0 Å². The predicted molar refractivity (Wildman–Crippen MR) is 137 cm³/mol. The lowest BCUT2D eigenvalue weighted by Crippen LogP contribution is -2.29. The van der Waals surface area contributed by atoms with E-state index in [4.69, 9.17) is 23.2 Å². The maximum atomic E-state index is 12.9. The van der Waals surface area contributed by atoms with Crippen molar-refractivity contribution in [2.24, 2.45) is 0 Å². The first-order valence-corrected chi connectivity index (χ1v) is 13.0. The second-order valence-electron chi connectivity index (χ2n) is 8.16. The molecular formula is C25H26Cl2N2O3S. The average Bonchev–Trinajstić information content (AvgIpc) is 2.74. The van der Waals surface area contributed by atoms with Crippen molar-refractivity contribution in [3.05, 3.63) is 93.0 Å². The van der Waals surface area contributed by atoms with Crippen LogP contribution in [0.5, 0.6) is 0 Å². The molecule has 174 valence electrons. The van der Waals surface area contributed by atoms with Crippen LogP contribution in [0.2, 0.25) is 10.0 Å². The monoisotopic (exact) mass is 504 g/mol. The quantitative estimate of drug-likeness (QED) is 0.391. The largest absolute Gasteiger partial charge is 0.321 e. The first-order valence-electron chi connectivity index (χ1n) is 10.4. The van der Waals surface area contributed by atoms with Crippen LogP contribution in [0.3, 0.4) is 0 Å². The molecule has 0 saturated carbocycles. The van der Waals surface area contributed by atoms with Crippen molar-refractivity contribution in [1.29, 1.82) is 0 Å². The number of hydrogen-bond acceptors (Lipinski definition) is 3. The van der Waals surface area contributed by atoms with Crippen molar-refractivity contribution >= 4 is 50.5 Å². The van der Waals surface area contributed by atoms with Gasteiger partial charge in [0, 0.05) is 26.9 Å². The second-order valence-corrected chi connectivity index (χ2v) is 10.9. The molecule has 0 aliphatic carbocycles. The molecule has 0 aliphatic heterocycles. The standard InChI is InChI=1S/C25H26Cl2N2O3S/c1-16(2)20-8-5-7-17(3)24(20)28-25(30)18-11-13-19(14-12-18)29(33(4,31)32)15-21-22(26)9-6-10-23(21)27/h5-14,16H,15H2,1-4H3,(H,28,30). The Bertz CT molecular complexity index is 1250. The number of para-hydroxylation sites is 1. The summed E-state index contributed by atoms with van der Waals surface area (Å²) in [5, 5.41) is 3.77. The third-order valence-electron chi connectivity index (χ3n) is 5.35. The molecule has 0 bridgehead atoms. The van der Waals surface area contributed by atoms with Crippen molar-refractivity contribution in [2.75, 3.05) is 15.9 Å². The van der Waals surface area contributed by atoms with Crippen molar-refractivity contribution < 1.29 is 13.2 Å². The number of carbonyl (C=O) groups excluding carboxylic acids is 1. The van der Waals surface area contributed by atoms with E-state index in [0.29, 0.717) is 26.9 Å². The molecule has 33 heavy (non-hydrogen) atoms. The van der Waals surface area contributed by atoms with Gasteiger partial charge in [-0.1, -0.05) is 61.3 Å². The second kappa shape index (κ2) is 10.2. The molecule has 0 aromatic heterocycles. The van der Waals surface area contributed by atoms with E-state index in [9.17, 15) is 13.2 Å². The normalized spacial score (nSPS) is 11.5. The van der Waals surface area contributed by atoms with Crippen LogP contribution in [-0.2, 0) is 16.6 Å². The molecule has 3 rings (SSSR count). The SMILES string of the molecule is Cc1cccc(C(C)C)c1NC(=O)c1ccc(N(Cc2c(Cl)cccc2Cl)S(C)(=O)=O)cc1. The van der Waals surface area contributed by atoms with Gasteiger partial charge in [-0.2, -0.15) is 0 Å². The van der Waals surface area contributed by atoms with Gasteiger partial charge in [-0.3, -0.25) is 9.10 Å². The van der Waals surface area contributed by atoms with E-state index < -0.39 is 10.0 Å². The van der Waals surface area contributed by atoms with E-state index in [1.54, 1.807) is 42.5 Å². The Labute approximate surface area is 205 Å². The van der Waals surface area contributed by atoms with E-state index in [1.807, 2.05) is 25.1 Å². The fourth-order valence-corrected chi connectivity index (χ4v) is 4.92. The molecule has 8 heteroatoms. The summed E-state index contributed by atoms with van der Waals surface area (Å²) in [5.74, 6) is -0.0136. The topological polar surface area (TPSA) is 66.5 Å². The summed E-state index contributed by atoms with van der Waals surface area (Å²) in [6.07, 6.45) is 1.12. The zero-order chi connectivity index (χ0) is 24.3. The van der Waals surface area contributed by atoms with E-state index in [-0.39, 0.29) is 18.4 Å². The number of aryl methyl sites for hydroxylation is 1. The molecule has 0 aliphatic rings. The average molecular weight is 505 g/mol. The van der Waals surface area contributed by atoms with Crippen molar-refractivity contribution in [3.8, 4) is 0 Å². The van der Waals surface area contributed by atoms with Gasteiger partial charge in [0.15, 0.2) is 0 Å². The first kappa shape index (κ1) is 25.1. The van der Waals surface area contributed by atoms with Crippen LogP contribution in [0.15, 0.2) is 60.7 Å². The molecule has 3 aromatic carbocycles. The number of nitrogens with one attached hydrogen (secondary N) is 1. The molecule has 0 heterocycles. The zero-order valence-electron chi connectivity index (χ0n) is 18.9. The maximum absolute atomic E-state index is 12.9. The molecule has 0 radical (unpaired) electrons. The van der Waals surface area contributed by atoms with Crippen LogP contribution in [0, 0.1) is 6.92 Å². The van der Waals surface area contributed by atoms with Gasteiger partial charge < -0.3 is 5.32 Å². The van der Waals surface area contributed by atoms with Gasteiger partial charge in [-0.15, -0.1) is 0 Å². The number of amides is 1. The third-order valence-corrected chi connectivity index (χ3v) is 7.20. The van der Waals surface area contributed by atoms with Crippen LogP contribution in [-0.4, -0.2) is 20.6 Å². The Morgan fingerprint density at radius 3 is 2.09 bits per heavy atom. The molecular weight excluding hydrogens is 479 g/mol. The summed E-state index contributed by atoms with van der Waals surface area (Å²) in [7, 11) is -3.64. The summed E-state index contributed by atoms with van der Waals surface area (Å²) in [6.45, 7) is 6.08. The van der Waals surface area contributed by atoms with Gasteiger partial charge in [-0.05, 0) is 60.4 Å². The Morgan fingerprint density at radius 1 is 0.970 bits per heavy atom. The zero-order valence-corrected chi connectivity index (χ0v) is 21.2. The number of carbonyl (C=O) groups is 1. The molecule has 3 aromatic rings. The van der Waals surface area contributed by atoms with Crippen LogP contribution in [0.25, 0.3) is 0 Å². The number of halogens is 2. The summed E-state index contributed by atoms with van der Waals surface area (Å²) in [4.78, 5) is 12.9. The van der Waals surface area contributed by atoms with Crippen LogP contribution < -0.4 is 9.62 Å². The van der Waals surface area contributed by atoms with Gasteiger partial charge in [0.2, 0.25) is 10.0 Å². The van der Waals surface area contributed by atoms with Gasteiger partial charge in [-0.25, -0.2) is 8.42 Å². The first-order chi connectivity index (χ1) is 15.5. The summed E-state index contributed by atoms with van der Waals surface area (Å²) >= 11 is 12.5. The number of nitrogens with zero attached hydrogens (tertiary/aromatic N) is 1. The highest BCUT2D eigenvalue weighted by Crippen LogP contribution is 2.30. The lowest BCUT2D eigenvalue weighted by Gasteiger charge is -2.24. The van der Waals surface area contributed by atoms with E-state index >= 15 is 0 Å². The van der Waals surface area contributed by atoms with Gasteiger partial charge >= 0.3 is 0 Å². The predicted octanol–water partition coefficient (Wildman–Crippen LogP) is 6.64. The third kappa shape index (κ3) is 5.88. The number of rotatable bonds is 7. The highest BCUT2D eigenvalue weighted by Gasteiger charge is 2.21. The molecule has 0 spiro atoms. The van der Waals surface area contributed by atoms with E-state index in [2.05, 4.69) is 19.2 Å². The molecule has 1 N–H and O–H groups in total. The van der Waals surface area contributed by atoms with Crippen molar-refractivity contribution in [3.63, 3.8) is 0 Å². The minimum atomic E-state index is -3.64.